The average Bonchev–Trinajstić information content (AvgIpc) is 0. The first-order valence-corrected chi connectivity index (χ1v) is 0. The summed E-state index contributed by atoms with van der Waals surface area (Å²) in [5.74, 6) is 0. The fraction of sp³-hybridized carbons (Fsp3) is 0. The largest absolute Gasteiger partial charge is 0 e. The average molecular weight is 689 g/mol. The normalized spacial score (nSPS) is 0. The van der Waals surface area contributed by atoms with Crippen molar-refractivity contribution in [3.05, 3.63) is 0 Å². The summed E-state index contributed by atoms with van der Waals surface area (Å²) >= 11 is 0. The van der Waals surface area contributed by atoms with Gasteiger partial charge in [0, 0.05) is 129 Å². The Balaban J connectivity index is 0. The van der Waals surface area contributed by atoms with Gasteiger partial charge in [0.1, 0.15) is 0 Å². The third kappa shape index (κ3) is 22.5. The molecule has 2 radical (unpaired) electrons. The summed E-state index contributed by atoms with van der Waals surface area (Å²) < 4.78 is 0. The van der Waals surface area contributed by atoms with Crippen LogP contribution in [0.3, 0.4) is 0 Å². The third-order valence-corrected chi connectivity index (χ3v) is 0. The van der Waals surface area contributed by atoms with Crippen LogP contribution in [0.4, 0.5) is 0 Å². The SMILES string of the molecule is [Hf].[Ho].[RbH].[Rh].[Zn].[Zr]. The Morgan fingerprint density at radius 2 is 1.00 bits per heavy atom. The first kappa shape index (κ1) is 40.2. The molecule has 0 aliphatic heterocycles. The first-order chi connectivity index (χ1) is 0. The van der Waals surface area contributed by atoms with Crippen molar-refractivity contribution in [1.29, 1.82) is 0 Å². The van der Waals surface area contributed by atoms with Gasteiger partial charge in [-0.2, -0.15) is 0 Å². The molecule has 0 amide bonds. The van der Waals surface area contributed by atoms with E-state index in [2.05, 4.69) is 0 Å². The molecule has 0 aliphatic carbocycles. The monoisotopic (exact) mass is 688 g/mol. The van der Waals surface area contributed by atoms with E-state index < -0.39 is 0 Å². The standard InChI is InChI=1S/Hf.Ho.Rb.Rh.Zn.Zr.H. The number of hydrogen-bond donors (Lipinski definition) is 0. The minimum atomic E-state index is 0. The van der Waals surface area contributed by atoms with Gasteiger partial charge < -0.3 is 0 Å². The molecule has 0 fully saturated rings. The van der Waals surface area contributed by atoms with Crippen molar-refractivity contribution in [3.8, 4) is 0 Å². The van der Waals surface area contributed by atoms with Crippen molar-refractivity contribution in [2.24, 2.45) is 0 Å². The van der Waals surface area contributed by atoms with Crippen LogP contribution in [0.2, 0.25) is 0 Å². The molecule has 0 N–H and O–H groups in total. The van der Waals surface area contributed by atoms with E-state index in [0.29, 0.717) is 0 Å². The van der Waals surface area contributed by atoms with Gasteiger partial charge in [0.2, 0.25) is 0 Å². The Morgan fingerprint density at radius 3 is 1.00 bits per heavy atom. The molecule has 0 saturated carbocycles. The molecule has 0 saturated heterocycles. The van der Waals surface area contributed by atoms with E-state index in [1.807, 2.05) is 0 Å². The smallest absolute Gasteiger partial charge is 0 e. The zero-order chi connectivity index (χ0) is 0. The van der Waals surface area contributed by atoms with Crippen LogP contribution >= 0.6 is 0 Å². The van der Waals surface area contributed by atoms with Crippen LogP contribution in [0.1, 0.15) is 0 Å². The molecular formula is HHfHoRbRhZnZr. The van der Waals surface area contributed by atoms with E-state index in [9.17, 15) is 0 Å². The van der Waals surface area contributed by atoms with Crippen LogP contribution in [0.5, 0.6) is 0 Å². The minimum absolute atomic E-state index is 0. The first-order valence-electron chi connectivity index (χ1n) is 0. The van der Waals surface area contributed by atoms with E-state index in [0.717, 1.165) is 0 Å². The van der Waals surface area contributed by atoms with Crippen molar-refractivity contribution >= 4 is 58.2 Å². The third-order valence-electron chi connectivity index (χ3n) is 0. The van der Waals surface area contributed by atoms with Crippen molar-refractivity contribution in [2.75, 3.05) is 0 Å². The molecule has 0 aromatic carbocycles. The summed E-state index contributed by atoms with van der Waals surface area (Å²) in [5, 5.41) is 0. The molecule has 6 heavy (non-hydrogen) atoms. The summed E-state index contributed by atoms with van der Waals surface area (Å²) in [4.78, 5) is 0. The summed E-state index contributed by atoms with van der Waals surface area (Å²) in [6.07, 6.45) is 0. The fourth-order valence-corrected chi connectivity index (χ4v) is 0. The molecule has 0 aliphatic rings. The molecule has 0 atom stereocenters. The second-order valence-electron chi connectivity index (χ2n) is 0. The van der Waals surface area contributed by atoms with E-state index in [1.54, 1.807) is 0 Å². The molecule has 0 spiro atoms. The Morgan fingerprint density at radius 1 is 1.00 bits per heavy atom. The van der Waals surface area contributed by atoms with E-state index in [-0.39, 0.29) is 187 Å². The predicted molar refractivity (Wildman–Crippen MR) is 7.15 cm³/mol. The van der Waals surface area contributed by atoms with Crippen molar-refractivity contribution in [2.45, 2.75) is 0 Å². The van der Waals surface area contributed by atoms with Gasteiger partial charge >= 0.3 is 58.2 Å². The van der Waals surface area contributed by atoms with E-state index in [4.69, 9.17) is 0 Å². The number of rotatable bonds is 0. The van der Waals surface area contributed by atoms with Crippen molar-refractivity contribution in [3.63, 3.8) is 0 Å². The van der Waals surface area contributed by atoms with Crippen LogP contribution in [0, 0.1) is 37.7 Å². The Bertz CT molecular complexity index is 15.5. The molecule has 0 unspecified atom stereocenters. The molecule has 32 valence electrons. The zero-order valence-electron chi connectivity index (χ0n) is 2.34. The molecule has 0 aromatic heterocycles. The molecule has 0 bridgehead atoms. The van der Waals surface area contributed by atoms with Crippen LogP contribution in [-0.4, -0.2) is 58.2 Å². The van der Waals surface area contributed by atoms with Crippen LogP contribution in [0.25, 0.3) is 0 Å². The summed E-state index contributed by atoms with van der Waals surface area (Å²) in [6.45, 7) is 0. The second-order valence-corrected chi connectivity index (χ2v) is 0. The van der Waals surface area contributed by atoms with Crippen molar-refractivity contribution < 1.29 is 129 Å². The number of hydrogen-bond acceptors (Lipinski definition) is 0. The maximum atomic E-state index is 0. The topological polar surface area (TPSA) is 0 Å². The van der Waals surface area contributed by atoms with Gasteiger partial charge in [-0.05, 0) is 0 Å². The van der Waals surface area contributed by atoms with Crippen LogP contribution < -0.4 is 0 Å². The zero-order valence-corrected chi connectivity index (χ0v) is 14.9. The molecule has 0 rings (SSSR count). The van der Waals surface area contributed by atoms with Gasteiger partial charge in [-0.15, -0.1) is 0 Å². The van der Waals surface area contributed by atoms with Gasteiger partial charge in [0.25, 0.3) is 0 Å². The maximum absolute atomic E-state index is 0. The summed E-state index contributed by atoms with van der Waals surface area (Å²) in [6, 6.07) is 0. The molecule has 0 nitrogen and oxygen atoms in total. The van der Waals surface area contributed by atoms with E-state index in [1.165, 1.54) is 0 Å². The Labute approximate surface area is 181 Å². The van der Waals surface area contributed by atoms with Crippen LogP contribution in [0.15, 0.2) is 0 Å². The van der Waals surface area contributed by atoms with Gasteiger partial charge in [0.05, 0.1) is 0 Å². The van der Waals surface area contributed by atoms with Gasteiger partial charge in [-0.1, -0.05) is 0 Å². The second kappa shape index (κ2) is 30.5. The Kier molecular flexibility index (Phi) is 204. The maximum Gasteiger partial charge on any atom is 0 e. The van der Waals surface area contributed by atoms with Gasteiger partial charge in [0.15, 0.2) is 0 Å². The minimum Gasteiger partial charge on any atom is 0 e. The summed E-state index contributed by atoms with van der Waals surface area (Å²) in [5.41, 5.74) is 0. The van der Waals surface area contributed by atoms with E-state index >= 15 is 0 Å². The summed E-state index contributed by atoms with van der Waals surface area (Å²) in [7, 11) is 0. The fourth-order valence-electron chi connectivity index (χ4n) is 0. The predicted octanol–water partition coefficient (Wildman–Crippen LogP) is -0.659. The molecule has 6 heteroatoms. The molecule has 0 heterocycles. The molecule has 0 aromatic rings. The quantitative estimate of drug-likeness (QED) is 0.297. The van der Waals surface area contributed by atoms with Gasteiger partial charge in [-0.3, -0.25) is 0 Å². The van der Waals surface area contributed by atoms with Crippen molar-refractivity contribution in [1.82, 2.24) is 0 Å². The molecular weight excluding hydrogens is 688 g/mol. The van der Waals surface area contributed by atoms with Gasteiger partial charge in [-0.25, -0.2) is 0 Å². The van der Waals surface area contributed by atoms with Crippen LogP contribution in [-0.2, 0) is 91.0 Å². The Hall–Kier alpha value is 6.06.